The highest BCUT2D eigenvalue weighted by molar-refractivity contribution is 5.57. The van der Waals surface area contributed by atoms with E-state index in [0.29, 0.717) is 6.04 Å². The molecule has 0 N–H and O–H groups in total. The van der Waals surface area contributed by atoms with Gasteiger partial charge in [0.05, 0.1) is 12.6 Å². The maximum absolute atomic E-state index is 4.77. The molecular weight excluding hydrogens is 288 g/mol. The molecule has 2 aromatic heterocycles. The molecule has 4 rings (SSSR count). The van der Waals surface area contributed by atoms with Crippen LogP contribution >= 0.6 is 0 Å². The van der Waals surface area contributed by atoms with Gasteiger partial charge >= 0.3 is 0 Å². The van der Waals surface area contributed by atoms with Crippen molar-refractivity contribution in [2.75, 3.05) is 11.4 Å². The number of hydrogen-bond acceptors (Lipinski definition) is 5. The number of anilines is 1. The van der Waals surface area contributed by atoms with E-state index in [2.05, 4.69) is 20.0 Å². The Morgan fingerprint density at radius 1 is 1.13 bits per heavy atom. The van der Waals surface area contributed by atoms with Crippen LogP contribution in [0.3, 0.4) is 0 Å². The molecule has 0 aliphatic carbocycles. The maximum atomic E-state index is 4.77. The Hall–Kier alpha value is -2.76. The van der Waals surface area contributed by atoms with E-state index in [4.69, 9.17) is 4.98 Å². The van der Waals surface area contributed by atoms with Crippen molar-refractivity contribution in [2.24, 2.45) is 0 Å². The summed E-state index contributed by atoms with van der Waals surface area (Å²) in [6.07, 6.45) is 7.51. The fourth-order valence-electron chi connectivity index (χ4n) is 3.11. The van der Waals surface area contributed by atoms with Crippen LogP contribution in [-0.4, -0.2) is 37.3 Å². The number of nitrogens with zero attached hydrogens (tertiary/aromatic N) is 6. The average molecular weight is 306 g/mol. The monoisotopic (exact) mass is 306 g/mol. The quantitative estimate of drug-likeness (QED) is 0.741. The summed E-state index contributed by atoms with van der Waals surface area (Å²) < 4.78 is 1.89. The SMILES string of the molecule is c1ccc(-c2nccc(N3CCC[C@H]3Cn3cncn3)n2)cc1. The first-order chi connectivity index (χ1) is 11.4. The van der Waals surface area contributed by atoms with Crippen molar-refractivity contribution in [2.45, 2.75) is 25.4 Å². The second kappa shape index (κ2) is 6.16. The summed E-state index contributed by atoms with van der Waals surface area (Å²) in [5.74, 6) is 1.76. The smallest absolute Gasteiger partial charge is 0.161 e. The Balaban J connectivity index is 1.59. The Bertz CT molecular complexity index is 756. The Morgan fingerprint density at radius 2 is 2.04 bits per heavy atom. The summed E-state index contributed by atoms with van der Waals surface area (Å²) in [6.45, 7) is 1.86. The standard InChI is InChI=1S/C17H18N6/c1-2-5-14(6-3-1)17-19-9-8-16(21-17)23-10-4-7-15(23)11-22-13-18-12-20-22/h1-3,5-6,8-9,12-13,15H,4,7,10-11H2/t15-/m0/s1. The van der Waals surface area contributed by atoms with E-state index in [1.165, 1.54) is 6.42 Å². The predicted octanol–water partition coefficient (Wildman–Crippen LogP) is 2.40. The minimum atomic E-state index is 0.398. The molecule has 6 nitrogen and oxygen atoms in total. The molecule has 0 saturated carbocycles. The third-order valence-electron chi connectivity index (χ3n) is 4.21. The van der Waals surface area contributed by atoms with Crippen LogP contribution in [0.4, 0.5) is 5.82 Å². The molecule has 3 heterocycles. The molecule has 1 atom stereocenters. The normalized spacial score (nSPS) is 17.6. The largest absolute Gasteiger partial charge is 0.352 e. The van der Waals surface area contributed by atoms with Gasteiger partial charge in [0.1, 0.15) is 18.5 Å². The van der Waals surface area contributed by atoms with Gasteiger partial charge in [0, 0.05) is 18.3 Å². The molecule has 116 valence electrons. The molecule has 0 radical (unpaired) electrons. The van der Waals surface area contributed by atoms with Crippen LogP contribution in [0.25, 0.3) is 11.4 Å². The second-order valence-corrected chi connectivity index (χ2v) is 5.71. The van der Waals surface area contributed by atoms with Gasteiger partial charge in [-0.15, -0.1) is 0 Å². The summed E-state index contributed by atoms with van der Waals surface area (Å²) in [5, 5.41) is 4.22. The Morgan fingerprint density at radius 3 is 2.87 bits per heavy atom. The van der Waals surface area contributed by atoms with Gasteiger partial charge in [-0.25, -0.2) is 15.0 Å². The van der Waals surface area contributed by atoms with E-state index in [-0.39, 0.29) is 0 Å². The topological polar surface area (TPSA) is 59.7 Å². The van der Waals surface area contributed by atoms with Crippen molar-refractivity contribution >= 4 is 5.82 Å². The van der Waals surface area contributed by atoms with E-state index >= 15 is 0 Å². The molecule has 1 aliphatic rings. The highest BCUT2D eigenvalue weighted by Gasteiger charge is 2.26. The molecule has 1 aromatic carbocycles. The fourth-order valence-corrected chi connectivity index (χ4v) is 3.11. The van der Waals surface area contributed by atoms with Crippen LogP contribution in [0.5, 0.6) is 0 Å². The highest BCUT2D eigenvalue weighted by atomic mass is 15.3. The molecule has 0 unspecified atom stereocenters. The van der Waals surface area contributed by atoms with Crippen molar-refractivity contribution in [1.29, 1.82) is 0 Å². The zero-order valence-electron chi connectivity index (χ0n) is 12.8. The van der Waals surface area contributed by atoms with Gasteiger partial charge in [0.2, 0.25) is 0 Å². The zero-order chi connectivity index (χ0) is 15.5. The van der Waals surface area contributed by atoms with E-state index in [1.54, 1.807) is 12.7 Å². The Labute approximate surface area is 134 Å². The third kappa shape index (κ3) is 2.92. The number of aromatic nitrogens is 5. The summed E-state index contributed by atoms with van der Waals surface area (Å²) in [7, 11) is 0. The fraction of sp³-hybridized carbons (Fsp3) is 0.294. The van der Waals surface area contributed by atoms with Gasteiger partial charge in [-0.3, -0.25) is 4.68 Å². The number of rotatable bonds is 4. The second-order valence-electron chi connectivity index (χ2n) is 5.71. The first-order valence-electron chi connectivity index (χ1n) is 7.88. The van der Waals surface area contributed by atoms with Gasteiger partial charge in [0.25, 0.3) is 0 Å². The van der Waals surface area contributed by atoms with Crippen LogP contribution in [0.15, 0.2) is 55.2 Å². The predicted molar refractivity (Wildman–Crippen MR) is 87.9 cm³/mol. The van der Waals surface area contributed by atoms with Crippen LogP contribution in [0, 0.1) is 0 Å². The lowest BCUT2D eigenvalue weighted by atomic mass is 10.2. The average Bonchev–Trinajstić information content (AvgIpc) is 3.28. The van der Waals surface area contributed by atoms with E-state index in [0.717, 1.165) is 36.7 Å². The van der Waals surface area contributed by atoms with Crippen LogP contribution < -0.4 is 4.90 Å². The highest BCUT2D eigenvalue weighted by Crippen LogP contribution is 2.26. The van der Waals surface area contributed by atoms with Crippen molar-refractivity contribution in [3.05, 3.63) is 55.2 Å². The molecule has 1 saturated heterocycles. The van der Waals surface area contributed by atoms with Crippen LogP contribution in [0.2, 0.25) is 0 Å². The van der Waals surface area contributed by atoms with E-state index in [1.807, 2.05) is 47.3 Å². The van der Waals surface area contributed by atoms with E-state index < -0.39 is 0 Å². The minimum absolute atomic E-state index is 0.398. The van der Waals surface area contributed by atoms with E-state index in [9.17, 15) is 0 Å². The van der Waals surface area contributed by atoms with Gasteiger partial charge in [-0.05, 0) is 18.9 Å². The van der Waals surface area contributed by atoms with Gasteiger partial charge in [-0.1, -0.05) is 30.3 Å². The molecule has 1 fully saturated rings. The van der Waals surface area contributed by atoms with Crippen LogP contribution in [-0.2, 0) is 6.54 Å². The van der Waals surface area contributed by atoms with Gasteiger partial charge < -0.3 is 4.90 Å². The minimum Gasteiger partial charge on any atom is -0.352 e. The summed E-state index contributed by atoms with van der Waals surface area (Å²) in [5.41, 5.74) is 1.04. The first-order valence-corrected chi connectivity index (χ1v) is 7.88. The third-order valence-corrected chi connectivity index (χ3v) is 4.21. The number of hydrogen-bond donors (Lipinski definition) is 0. The summed E-state index contributed by atoms with van der Waals surface area (Å²) in [4.78, 5) is 15.6. The summed E-state index contributed by atoms with van der Waals surface area (Å²) >= 11 is 0. The molecule has 1 aliphatic heterocycles. The first kappa shape index (κ1) is 13.9. The molecule has 3 aromatic rings. The van der Waals surface area contributed by atoms with Gasteiger partial charge in [-0.2, -0.15) is 5.10 Å². The molecule has 0 spiro atoms. The number of benzene rings is 1. The lowest BCUT2D eigenvalue weighted by Gasteiger charge is -2.25. The van der Waals surface area contributed by atoms with Crippen molar-refractivity contribution in [3.63, 3.8) is 0 Å². The molecule has 0 amide bonds. The van der Waals surface area contributed by atoms with Crippen molar-refractivity contribution in [1.82, 2.24) is 24.7 Å². The van der Waals surface area contributed by atoms with Crippen LogP contribution in [0.1, 0.15) is 12.8 Å². The Kier molecular flexibility index (Phi) is 3.71. The molecule has 23 heavy (non-hydrogen) atoms. The molecule has 0 bridgehead atoms. The molecule has 6 heteroatoms. The lowest BCUT2D eigenvalue weighted by Crippen LogP contribution is -2.33. The maximum Gasteiger partial charge on any atom is 0.161 e. The van der Waals surface area contributed by atoms with Gasteiger partial charge in [0.15, 0.2) is 5.82 Å². The molecular formula is C17H18N6. The summed E-state index contributed by atoms with van der Waals surface area (Å²) in [6, 6.07) is 12.5. The zero-order valence-corrected chi connectivity index (χ0v) is 12.8. The van der Waals surface area contributed by atoms with Crippen molar-refractivity contribution in [3.8, 4) is 11.4 Å². The lowest BCUT2D eigenvalue weighted by molar-refractivity contribution is 0.506. The van der Waals surface area contributed by atoms with Crippen molar-refractivity contribution < 1.29 is 0 Å².